The fourth-order valence-corrected chi connectivity index (χ4v) is 5.34. The van der Waals surface area contributed by atoms with Crippen LogP contribution in [0.5, 0.6) is 11.5 Å². The maximum atomic E-state index is 13.3. The van der Waals surface area contributed by atoms with E-state index in [2.05, 4.69) is 0 Å². The van der Waals surface area contributed by atoms with Gasteiger partial charge < -0.3 is 14.2 Å². The van der Waals surface area contributed by atoms with Gasteiger partial charge in [-0.2, -0.15) is 4.31 Å². The first kappa shape index (κ1) is 23.5. The molecular weight excluding hydrogens is 469 g/mol. The van der Waals surface area contributed by atoms with E-state index in [1.54, 1.807) is 12.1 Å². The van der Waals surface area contributed by atoms with Crippen molar-refractivity contribution in [1.29, 1.82) is 0 Å². The van der Waals surface area contributed by atoms with Crippen LogP contribution in [0.1, 0.15) is 16.7 Å². The van der Waals surface area contributed by atoms with Crippen molar-refractivity contribution in [2.75, 3.05) is 20.3 Å². The third-order valence-corrected chi connectivity index (χ3v) is 7.39. The lowest BCUT2D eigenvalue weighted by molar-refractivity contribution is 0.107. The molecule has 3 aromatic rings. The van der Waals surface area contributed by atoms with Crippen LogP contribution < -0.4 is 9.47 Å². The number of nitrogens with zero attached hydrogens (tertiary/aromatic N) is 1. The quantitative estimate of drug-likeness (QED) is 0.475. The first-order chi connectivity index (χ1) is 15.9. The molecule has 0 aliphatic carbocycles. The molecule has 33 heavy (non-hydrogen) atoms. The summed E-state index contributed by atoms with van der Waals surface area (Å²) < 4.78 is 57.8. The van der Waals surface area contributed by atoms with Crippen LogP contribution in [0, 0.1) is 5.82 Å². The zero-order chi connectivity index (χ0) is 23.4. The molecule has 6 nitrogen and oxygen atoms in total. The summed E-state index contributed by atoms with van der Waals surface area (Å²) in [6.45, 7) is 1.14. The molecule has 0 unspecified atom stereocenters. The molecule has 0 saturated carbocycles. The van der Waals surface area contributed by atoms with E-state index >= 15 is 0 Å². The predicted molar refractivity (Wildman–Crippen MR) is 122 cm³/mol. The molecule has 0 saturated heterocycles. The Morgan fingerprint density at radius 2 is 1.85 bits per heavy atom. The van der Waals surface area contributed by atoms with Crippen LogP contribution in [0.15, 0.2) is 65.6 Å². The molecule has 3 aromatic carbocycles. The summed E-state index contributed by atoms with van der Waals surface area (Å²) in [6.07, 6.45) is 0. The van der Waals surface area contributed by atoms with Gasteiger partial charge in [0.2, 0.25) is 10.0 Å². The van der Waals surface area contributed by atoms with E-state index in [0.717, 1.165) is 16.7 Å². The van der Waals surface area contributed by atoms with Gasteiger partial charge in [0, 0.05) is 18.7 Å². The van der Waals surface area contributed by atoms with E-state index in [9.17, 15) is 12.8 Å². The lowest BCUT2D eigenvalue weighted by Crippen LogP contribution is -2.32. The summed E-state index contributed by atoms with van der Waals surface area (Å²) in [5.41, 5.74) is 2.34. The summed E-state index contributed by atoms with van der Waals surface area (Å²) in [4.78, 5) is 0.0892. The van der Waals surface area contributed by atoms with Crippen LogP contribution in [-0.4, -0.2) is 33.0 Å². The highest BCUT2D eigenvalue weighted by Crippen LogP contribution is 2.31. The van der Waals surface area contributed by atoms with Gasteiger partial charge in [0.25, 0.3) is 0 Å². The van der Waals surface area contributed by atoms with Crippen LogP contribution in [-0.2, 0) is 34.5 Å². The highest BCUT2D eigenvalue weighted by molar-refractivity contribution is 7.89. The molecule has 174 valence electrons. The highest BCUT2D eigenvalue weighted by Gasteiger charge is 2.28. The van der Waals surface area contributed by atoms with Gasteiger partial charge in [0.1, 0.15) is 23.9 Å². The lowest BCUT2D eigenvalue weighted by Gasteiger charge is -2.20. The molecule has 0 amide bonds. The van der Waals surface area contributed by atoms with E-state index in [0.29, 0.717) is 18.1 Å². The maximum Gasteiger partial charge on any atom is 0.243 e. The molecule has 0 bridgehead atoms. The number of hydrogen-bond donors (Lipinski definition) is 0. The zero-order valence-electron chi connectivity index (χ0n) is 18.0. The third-order valence-electron chi connectivity index (χ3n) is 5.26. The molecular formula is C24H23ClFNO5S. The summed E-state index contributed by atoms with van der Waals surface area (Å²) in [5, 5.41) is 0.225. The zero-order valence-corrected chi connectivity index (χ0v) is 19.5. The van der Waals surface area contributed by atoms with Crippen molar-refractivity contribution in [2.24, 2.45) is 0 Å². The Bertz CT molecular complexity index is 1250. The second kappa shape index (κ2) is 10.1. The first-order valence-electron chi connectivity index (χ1n) is 10.3. The van der Waals surface area contributed by atoms with Crippen LogP contribution in [0.3, 0.4) is 0 Å². The normalized spacial score (nSPS) is 14.3. The van der Waals surface area contributed by atoms with Crippen molar-refractivity contribution in [3.63, 3.8) is 0 Å². The molecule has 9 heteroatoms. The second-order valence-corrected chi connectivity index (χ2v) is 9.89. The Balaban J connectivity index is 1.49. The highest BCUT2D eigenvalue weighted by atomic mass is 35.5. The summed E-state index contributed by atoms with van der Waals surface area (Å²) in [6, 6.07) is 16.2. The fraction of sp³-hybridized carbons (Fsp3) is 0.250. The Morgan fingerprint density at radius 3 is 2.58 bits per heavy atom. The van der Waals surface area contributed by atoms with Gasteiger partial charge in [0.15, 0.2) is 0 Å². The SMILES string of the molecule is COc1ccc(S(=O)(=O)N2CCOc3ccc(COCc4cccc(F)c4)cc3C2)cc1Cl. The largest absolute Gasteiger partial charge is 0.495 e. The average Bonchev–Trinajstić information content (AvgIpc) is 3.02. The van der Waals surface area contributed by atoms with E-state index in [1.165, 1.54) is 41.7 Å². The Hall–Kier alpha value is -2.65. The number of rotatable bonds is 7. The Labute approximate surface area is 197 Å². The average molecular weight is 492 g/mol. The van der Waals surface area contributed by atoms with Crippen LogP contribution >= 0.6 is 11.6 Å². The fourth-order valence-electron chi connectivity index (χ4n) is 3.59. The van der Waals surface area contributed by atoms with Crippen LogP contribution in [0.4, 0.5) is 4.39 Å². The number of methoxy groups -OCH3 is 1. The first-order valence-corrected chi connectivity index (χ1v) is 12.1. The van der Waals surface area contributed by atoms with Crippen molar-refractivity contribution in [3.8, 4) is 11.5 Å². The summed E-state index contributed by atoms with van der Waals surface area (Å²) >= 11 is 6.14. The molecule has 0 N–H and O–H groups in total. The van der Waals surface area contributed by atoms with Crippen molar-refractivity contribution in [3.05, 3.63) is 88.2 Å². The van der Waals surface area contributed by atoms with Crippen molar-refractivity contribution in [2.45, 2.75) is 24.7 Å². The van der Waals surface area contributed by atoms with Gasteiger partial charge in [-0.05, 0) is 53.6 Å². The van der Waals surface area contributed by atoms with Gasteiger partial charge in [-0.1, -0.05) is 29.8 Å². The monoisotopic (exact) mass is 491 g/mol. The molecule has 0 fully saturated rings. The molecule has 0 spiro atoms. The Kier molecular flexibility index (Phi) is 7.19. The molecule has 1 aliphatic rings. The molecule has 0 aromatic heterocycles. The lowest BCUT2D eigenvalue weighted by atomic mass is 10.1. The smallest absolute Gasteiger partial charge is 0.243 e. The minimum atomic E-state index is -3.80. The van der Waals surface area contributed by atoms with Crippen molar-refractivity contribution in [1.82, 2.24) is 4.31 Å². The van der Waals surface area contributed by atoms with Crippen molar-refractivity contribution < 1.29 is 27.0 Å². The molecule has 1 heterocycles. The second-order valence-electron chi connectivity index (χ2n) is 7.55. The van der Waals surface area contributed by atoms with Gasteiger partial charge in [-0.3, -0.25) is 0 Å². The maximum absolute atomic E-state index is 13.3. The molecule has 0 atom stereocenters. The third kappa shape index (κ3) is 5.47. The minimum absolute atomic E-state index is 0.0892. The number of benzene rings is 3. The van der Waals surface area contributed by atoms with E-state index < -0.39 is 10.0 Å². The van der Waals surface area contributed by atoms with Crippen LogP contribution in [0.2, 0.25) is 5.02 Å². The number of fused-ring (bicyclic) bond motifs is 1. The Morgan fingerprint density at radius 1 is 1.06 bits per heavy atom. The van der Waals surface area contributed by atoms with Gasteiger partial charge in [-0.25, -0.2) is 12.8 Å². The molecule has 4 rings (SSSR count). The summed E-state index contributed by atoms with van der Waals surface area (Å²) in [5.74, 6) is 0.732. The molecule has 1 aliphatic heterocycles. The van der Waals surface area contributed by atoms with E-state index in [4.69, 9.17) is 25.8 Å². The van der Waals surface area contributed by atoms with Gasteiger partial charge >= 0.3 is 0 Å². The topological polar surface area (TPSA) is 65.1 Å². The van der Waals surface area contributed by atoms with Gasteiger partial charge in [0.05, 0.1) is 30.2 Å². The number of hydrogen-bond acceptors (Lipinski definition) is 5. The van der Waals surface area contributed by atoms with Crippen molar-refractivity contribution >= 4 is 21.6 Å². The van der Waals surface area contributed by atoms with Crippen LogP contribution in [0.25, 0.3) is 0 Å². The number of ether oxygens (including phenoxy) is 3. The minimum Gasteiger partial charge on any atom is -0.495 e. The standard InChI is InChI=1S/C24H23ClFNO5S/c1-30-24-8-6-21(13-22(24)25)33(28,29)27-9-10-32-23-7-5-18(11-19(23)14-27)16-31-15-17-3-2-4-20(26)12-17/h2-8,11-13H,9-10,14-16H2,1H3. The van der Waals surface area contributed by atoms with E-state index in [1.807, 2.05) is 18.2 Å². The number of sulfonamides is 1. The molecule has 0 radical (unpaired) electrons. The number of halogens is 2. The predicted octanol–water partition coefficient (Wildman–Crippen LogP) is 4.79. The van der Waals surface area contributed by atoms with Gasteiger partial charge in [-0.15, -0.1) is 0 Å². The summed E-state index contributed by atoms with van der Waals surface area (Å²) in [7, 11) is -2.33. The van der Waals surface area contributed by atoms with E-state index in [-0.39, 0.29) is 42.0 Å².